The average Bonchev–Trinajstić information content (AvgIpc) is 2.57. The van der Waals surface area contributed by atoms with E-state index in [0.29, 0.717) is 0 Å². The fourth-order valence-electron chi connectivity index (χ4n) is 3.34. The molecule has 0 aliphatic heterocycles. The number of pyridine rings is 1. The van der Waals surface area contributed by atoms with Crippen molar-refractivity contribution in [2.75, 3.05) is 0 Å². The summed E-state index contributed by atoms with van der Waals surface area (Å²) in [6.07, 6.45) is 0. The molecule has 0 aliphatic carbocycles. The van der Waals surface area contributed by atoms with Crippen molar-refractivity contribution >= 4 is 37.7 Å². The Balaban J connectivity index is 2.25. The Kier molecular flexibility index (Phi) is 3.42. The topological polar surface area (TPSA) is 3.88 Å². The highest BCUT2D eigenvalue weighted by molar-refractivity contribution is 9.10. The van der Waals surface area contributed by atoms with Crippen LogP contribution in [0.4, 0.5) is 0 Å². The van der Waals surface area contributed by atoms with Gasteiger partial charge in [0, 0.05) is 22.2 Å². The highest BCUT2D eigenvalue weighted by Crippen LogP contribution is 2.37. The highest BCUT2D eigenvalue weighted by Gasteiger charge is 2.19. The third kappa shape index (κ3) is 2.25. The molecule has 3 aromatic carbocycles. The second-order valence-corrected chi connectivity index (χ2v) is 6.81. The maximum absolute atomic E-state index is 3.77. The van der Waals surface area contributed by atoms with Crippen molar-refractivity contribution in [3.8, 4) is 11.1 Å². The van der Waals surface area contributed by atoms with Gasteiger partial charge in [-0.05, 0) is 36.2 Å². The molecule has 0 atom stereocenters. The van der Waals surface area contributed by atoms with E-state index in [1.165, 1.54) is 38.5 Å². The second-order valence-electron chi connectivity index (χ2n) is 5.95. The fraction of sp³-hybridized carbons (Fsp3) is 0.0952. The van der Waals surface area contributed by atoms with E-state index >= 15 is 0 Å². The molecule has 0 amide bonds. The van der Waals surface area contributed by atoms with Gasteiger partial charge in [-0.15, -0.1) is 0 Å². The van der Waals surface area contributed by atoms with E-state index in [4.69, 9.17) is 0 Å². The van der Waals surface area contributed by atoms with Crippen molar-refractivity contribution in [2.24, 2.45) is 7.05 Å². The van der Waals surface area contributed by atoms with E-state index in [2.05, 4.69) is 101 Å². The van der Waals surface area contributed by atoms with Crippen molar-refractivity contribution in [3.63, 3.8) is 0 Å². The normalized spacial score (nSPS) is 11.3. The van der Waals surface area contributed by atoms with Gasteiger partial charge in [-0.2, -0.15) is 4.57 Å². The van der Waals surface area contributed by atoms with Crippen LogP contribution >= 0.6 is 15.9 Å². The lowest BCUT2D eigenvalue weighted by molar-refractivity contribution is -0.617. The van der Waals surface area contributed by atoms with Gasteiger partial charge in [0.15, 0.2) is 0 Å². The van der Waals surface area contributed by atoms with Crippen molar-refractivity contribution < 1.29 is 4.57 Å². The van der Waals surface area contributed by atoms with E-state index in [1.807, 2.05) is 0 Å². The third-order valence-electron chi connectivity index (χ3n) is 4.46. The zero-order valence-corrected chi connectivity index (χ0v) is 14.8. The molecule has 0 unspecified atom stereocenters. The summed E-state index contributed by atoms with van der Waals surface area (Å²) in [5.41, 5.74) is 6.28. The van der Waals surface area contributed by atoms with E-state index in [0.717, 1.165) is 4.47 Å². The molecule has 1 nitrogen and oxygen atoms in total. The van der Waals surface area contributed by atoms with Crippen LogP contribution in [0.5, 0.6) is 0 Å². The summed E-state index contributed by atoms with van der Waals surface area (Å²) >= 11 is 3.77. The number of fused-ring (bicyclic) bond motifs is 2. The molecule has 2 heteroatoms. The summed E-state index contributed by atoms with van der Waals surface area (Å²) < 4.78 is 3.41. The SMILES string of the molecule is Cc1ccc(-c2c3ccccc3[n+](C)c3ccccc23)c(Br)c1. The zero-order valence-electron chi connectivity index (χ0n) is 13.2. The maximum Gasteiger partial charge on any atom is 0.213 e. The fourth-order valence-corrected chi connectivity index (χ4v) is 4.03. The van der Waals surface area contributed by atoms with Crippen LogP contribution in [-0.2, 0) is 7.05 Å². The number of halogens is 1. The van der Waals surface area contributed by atoms with E-state index in [9.17, 15) is 0 Å². The minimum Gasteiger partial charge on any atom is -0.194 e. The van der Waals surface area contributed by atoms with Gasteiger partial charge >= 0.3 is 0 Å². The monoisotopic (exact) mass is 362 g/mol. The van der Waals surface area contributed by atoms with Crippen LogP contribution in [0.25, 0.3) is 32.9 Å². The van der Waals surface area contributed by atoms with Crippen LogP contribution in [0.3, 0.4) is 0 Å². The minimum absolute atomic E-state index is 1.14. The molecule has 0 spiro atoms. The van der Waals surface area contributed by atoms with E-state index < -0.39 is 0 Å². The highest BCUT2D eigenvalue weighted by atomic mass is 79.9. The van der Waals surface area contributed by atoms with Gasteiger partial charge in [0.1, 0.15) is 7.05 Å². The maximum atomic E-state index is 3.77. The van der Waals surface area contributed by atoms with Crippen molar-refractivity contribution in [3.05, 3.63) is 76.8 Å². The molecule has 4 aromatic rings. The summed E-state index contributed by atoms with van der Waals surface area (Å²) in [4.78, 5) is 0. The van der Waals surface area contributed by atoms with Crippen LogP contribution < -0.4 is 4.57 Å². The Hall–Kier alpha value is -2.19. The molecule has 0 saturated heterocycles. The summed E-state index contributed by atoms with van der Waals surface area (Å²) in [6.45, 7) is 2.12. The molecule has 1 heterocycles. The van der Waals surface area contributed by atoms with Gasteiger partial charge in [-0.3, -0.25) is 0 Å². The first-order valence-corrected chi connectivity index (χ1v) is 8.52. The number of nitrogens with zero attached hydrogens (tertiary/aromatic N) is 1. The molecule has 0 radical (unpaired) electrons. The Bertz CT molecular complexity index is 993. The molecular weight excluding hydrogens is 346 g/mol. The van der Waals surface area contributed by atoms with Crippen LogP contribution in [0, 0.1) is 6.92 Å². The van der Waals surface area contributed by atoms with Crippen LogP contribution in [0.15, 0.2) is 71.2 Å². The molecule has 0 aliphatic rings. The third-order valence-corrected chi connectivity index (χ3v) is 5.12. The molecule has 0 N–H and O–H groups in total. The number of rotatable bonds is 1. The standard InChI is InChI=1S/C21H17BrN/c1-14-11-12-15(18(22)13-14)21-16-7-3-5-9-19(16)23(2)20-10-6-4-8-17(20)21/h3-13H,1-2H3/q+1. The van der Waals surface area contributed by atoms with Crippen molar-refractivity contribution in [1.82, 2.24) is 0 Å². The molecule has 0 bridgehead atoms. The number of hydrogen-bond acceptors (Lipinski definition) is 0. The van der Waals surface area contributed by atoms with Gasteiger partial charge in [-0.1, -0.05) is 52.3 Å². The summed E-state index contributed by atoms with van der Waals surface area (Å²) in [5, 5.41) is 2.55. The first-order chi connectivity index (χ1) is 11.2. The van der Waals surface area contributed by atoms with Crippen molar-refractivity contribution in [2.45, 2.75) is 6.92 Å². The largest absolute Gasteiger partial charge is 0.213 e. The number of aryl methyl sites for hydroxylation is 2. The lowest BCUT2D eigenvalue weighted by Crippen LogP contribution is -2.30. The van der Waals surface area contributed by atoms with Gasteiger partial charge in [-0.25, -0.2) is 0 Å². The summed E-state index contributed by atoms with van der Waals surface area (Å²) in [6, 6.07) is 23.8. The average molecular weight is 363 g/mol. The second kappa shape index (κ2) is 5.47. The van der Waals surface area contributed by atoms with Gasteiger partial charge in [0.05, 0.1) is 10.8 Å². The smallest absolute Gasteiger partial charge is 0.194 e. The number of benzene rings is 3. The number of aromatic nitrogens is 1. The minimum atomic E-state index is 1.14. The number of para-hydroxylation sites is 2. The first kappa shape index (κ1) is 14.4. The molecule has 1 aromatic heterocycles. The quantitative estimate of drug-likeness (QED) is 0.308. The van der Waals surface area contributed by atoms with Crippen molar-refractivity contribution in [1.29, 1.82) is 0 Å². The Morgan fingerprint density at radius 2 is 1.35 bits per heavy atom. The van der Waals surface area contributed by atoms with Gasteiger partial charge in [0.2, 0.25) is 11.0 Å². The predicted molar refractivity (Wildman–Crippen MR) is 101 cm³/mol. The molecule has 23 heavy (non-hydrogen) atoms. The molecule has 0 fully saturated rings. The molecule has 112 valence electrons. The van der Waals surface area contributed by atoms with Crippen LogP contribution in [0.1, 0.15) is 5.56 Å². The van der Waals surface area contributed by atoms with Crippen LogP contribution in [-0.4, -0.2) is 0 Å². The predicted octanol–water partition coefficient (Wildman–Crippen LogP) is 5.56. The Labute approximate surface area is 144 Å². The molecular formula is C21H17BrN+. The lowest BCUT2D eigenvalue weighted by Gasteiger charge is -2.12. The van der Waals surface area contributed by atoms with Gasteiger partial charge < -0.3 is 0 Å². The zero-order chi connectivity index (χ0) is 16.0. The Morgan fingerprint density at radius 3 is 1.91 bits per heavy atom. The number of hydrogen-bond donors (Lipinski definition) is 0. The molecule has 0 saturated carbocycles. The van der Waals surface area contributed by atoms with Crippen LogP contribution in [0.2, 0.25) is 0 Å². The van der Waals surface area contributed by atoms with Gasteiger partial charge in [0.25, 0.3) is 0 Å². The summed E-state index contributed by atoms with van der Waals surface area (Å²) in [5.74, 6) is 0. The first-order valence-electron chi connectivity index (χ1n) is 7.73. The van der Waals surface area contributed by atoms with E-state index in [1.54, 1.807) is 0 Å². The Morgan fingerprint density at radius 1 is 0.783 bits per heavy atom. The summed E-state index contributed by atoms with van der Waals surface area (Å²) in [7, 11) is 2.14. The molecule has 4 rings (SSSR count). The van der Waals surface area contributed by atoms with E-state index in [-0.39, 0.29) is 0 Å². The lowest BCUT2D eigenvalue weighted by atomic mass is 9.95.